The molecule has 0 aromatic heterocycles. The third-order valence-electron chi connectivity index (χ3n) is 7.01. The number of hydrogen-bond acceptors (Lipinski definition) is 4. The monoisotopic (exact) mass is 430 g/mol. The predicted molar refractivity (Wildman–Crippen MR) is 116 cm³/mol. The van der Waals surface area contributed by atoms with Crippen molar-refractivity contribution < 1.29 is 19.2 Å². The van der Waals surface area contributed by atoms with Gasteiger partial charge in [0.2, 0.25) is 11.8 Å². The summed E-state index contributed by atoms with van der Waals surface area (Å²) < 4.78 is 0. The Labute approximate surface area is 184 Å². The van der Waals surface area contributed by atoms with Crippen molar-refractivity contribution in [1.82, 2.24) is 10.2 Å². The molecule has 1 unspecified atom stereocenters. The standard InChI is InChI=1S/C24H22N4O4/c29-20-9-8-19(21(30)25-20)26-13-15-12-17(6-7-18(15)22(26)31)27-14-24(10-11-24)28(23(27)32)16-4-2-1-3-5-16/h1-7,12,19H,8-11,13-14H2,(H,25,29,30). The van der Waals surface area contributed by atoms with Gasteiger partial charge in [0.05, 0.1) is 12.1 Å². The van der Waals surface area contributed by atoms with Crippen molar-refractivity contribution in [2.75, 3.05) is 16.3 Å². The number of amides is 5. The van der Waals surface area contributed by atoms with Crippen LogP contribution in [-0.4, -0.2) is 46.8 Å². The van der Waals surface area contributed by atoms with Crippen LogP contribution in [0.1, 0.15) is 41.6 Å². The molecule has 2 aromatic rings. The molecule has 0 radical (unpaired) electrons. The molecule has 5 amide bonds. The molecule has 1 aliphatic carbocycles. The van der Waals surface area contributed by atoms with Crippen LogP contribution in [0.5, 0.6) is 0 Å². The lowest BCUT2D eigenvalue weighted by molar-refractivity contribution is -0.136. The lowest BCUT2D eigenvalue weighted by Gasteiger charge is -2.29. The van der Waals surface area contributed by atoms with Gasteiger partial charge in [0.15, 0.2) is 0 Å². The number of fused-ring (bicyclic) bond motifs is 1. The maximum Gasteiger partial charge on any atom is 0.329 e. The zero-order chi connectivity index (χ0) is 22.0. The number of carbonyl (C=O) groups is 4. The van der Waals surface area contributed by atoms with E-state index in [1.165, 1.54) is 4.90 Å². The topological polar surface area (TPSA) is 90.0 Å². The summed E-state index contributed by atoms with van der Waals surface area (Å²) in [5, 5.41) is 2.32. The number of piperidine rings is 1. The number of hydrogen-bond donors (Lipinski definition) is 1. The molecule has 1 atom stereocenters. The molecule has 3 fully saturated rings. The fourth-order valence-electron chi connectivity index (χ4n) is 5.17. The van der Waals surface area contributed by atoms with Crippen molar-refractivity contribution in [3.63, 3.8) is 0 Å². The highest BCUT2D eigenvalue weighted by Crippen LogP contribution is 2.50. The average Bonchev–Trinajstić information content (AvgIpc) is 3.40. The maximum absolute atomic E-state index is 13.4. The molecule has 1 N–H and O–H groups in total. The normalized spacial score (nSPS) is 23.8. The molecular formula is C24H22N4O4. The van der Waals surface area contributed by atoms with E-state index < -0.39 is 11.9 Å². The van der Waals surface area contributed by atoms with E-state index in [0.717, 1.165) is 29.8 Å². The summed E-state index contributed by atoms with van der Waals surface area (Å²) in [4.78, 5) is 55.3. The number of nitrogens with zero attached hydrogens (tertiary/aromatic N) is 3. The van der Waals surface area contributed by atoms with E-state index in [4.69, 9.17) is 0 Å². The Hall–Kier alpha value is -3.68. The van der Waals surface area contributed by atoms with Crippen LogP contribution in [-0.2, 0) is 16.1 Å². The van der Waals surface area contributed by atoms with Crippen LogP contribution >= 0.6 is 0 Å². The van der Waals surface area contributed by atoms with Crippen molar-refractivity contribution in [3.05, 3.63) is 59.7 Å². The molecule has 0 bridgehead atoms. The first kappa shape index (κ1) is 19.0. The molecule has 8 heteroatoms. The van der Waals surface area contributed by atoms with Gasteiger partial charge in [-0.15, -0.1) is 0 Å². The van der Waals surface area contributed by atoms with Gasteiger partial charge in [-0.05, 0) is 55.2 Å². The highest BCUT2D eigenvalue weighted by atomic mass is 16.2. The van der Waals surface area contributed by atoms with Gasteiger partial charge in [0.25, 0.3) is 5.91 Å². The Bertz CT molecular complexity index is 1170. The fraction of sp³-hybridized carbons (Fsp3) is 0.333. The number of nitrogens with one attached hydrogen (secondary N) is 1. The van der Waals surface area contributed by atoms with Crippen LogP contribution < -0.4 is 15.1 Å². The number of para-hydroxylation sites is 1. The van der Waals surface area contributed by atoms with Gasteiger partial charge in [0, 0.05) is 29.9 Å². The van der Waals surface area contributed by atoms with Crippen molar-refractivity contribution in [2.24, 2.45) is 0 Å². The van der Waals surface area contributed by atoms with Crippen molar-refractivity contribution >= 4 is 35.1 Å². The molecule has 6 rings (SSSR count). The minimum Gasteiger partial charge on any atom is -0.322 e. The van der Waals surface area contributed by atoms with Gasteiger partial charge in [-0.1, -0.05) is 18.2 Å². The minimum atomic E-state index is -0.646. The predicted octanol–water partition coefficient (Wildman–Crippen LogP) is 2.43. The summed E-state index contributed by atoms with van der Waals surface area (Å²) in [6.07, 6.45) is 2.49. The zero-order valence-electron chi connectivity index (χ0n) is 17.4. The van der Waals surface area contributed by atoms with E-state index in [-0.39, 0.29) is 29.8 Å². The smallest absolute Gasteiger partial charge is 0.322 e. The summed E-state index contributed by atoms with van der Waals surface area (Å²) in [5.41, 5.74) is 2.85. The summed E-state index contributed by atoms with van der Waals surface area (Å²) in [5.74, 6) is -0.938. The van der Waals surface area contributed by atoms with E-state index in [2.05, 4.69) is 5.32 Å². The first-order valence-corrected chi connectivity index (χ1v) is 10.9. The number of urea groups is 1. The second-order valence-electron chi connectivity index (χ2n) is 9.01. The Morgan fingerprint density at radius 1 is 0.938 bits per heavy atom. The molecule has 4 aliphatic rings. The van der Waals surface area contributed by atoms with Crippen LogP contribution in [0.3, 0.4) is 0 Å². The molecular weight excluding hydrogens is 408 g/mol. The summed E-state index contributed by atoms with van der Waals surface area (Å²) in [6, 6.07) is 14.5. The van der Waals surface area contributed by atoms with Crippen molar-refractivity contribution in [3.8, 4) is 0 Å². The molecule has 1 saturated carbocycles. The number of imide groups is 1. The molecule has 32 heavy (non-hydrogen) atoms. The highest BCUT2D eigenvalue weighted by Gasteiger charge is 2.58. The summed E-state index contributed by atoms with van der Waals surface area (Å²) in [6.45, 7) is 0.911. The summed E-state index contributed by atoms with van der Waals surface area (Å²) >= 11 is 0. The van der Waals surface area contributed by atoms with Crippen LogP contribution in [0, 0.1) is 0 Å². The second-order valence-corrected chi connectivity index (χ2v) is 9.01. The second kappa shape index (κ2) is 6.66. The van der Waals surface area contributed by atoms with Gasteiger partial charge in [0.1, 0.15) is 6.04 Å². The Morgan fingerprint density at radius 3 is 2.44 bits per heavy atom. The Balaban J connectivity index is 1.28. The first-order valence-electron chi connectivity index (χ1n) is 10.9. The van der Waals surface area contributed by atoms with Crippen LogP contribution in [0.15, 0.2) is 48.5 Å². The Kier molecular flexibility index (Phi) is 3.96. The van der Waals surface area contributed by atoms with Gasteiger partial charge in [-0.2, -0.15) is 0 Å². The first-order chi connectivity index (χ1) is 15.5. The largest absolute Gasteiger partial charge is 0.329 e. The van der Waals surface area contributed by atoms with Crippen molar-refractivity contribution in [1.29, 1.82) is 0 Å². The molecule has 2 aromatic carbocycles. The van der Waals surface area contributed by atoms with E-state index in [9.17, 15) is 19.2 Å². The number of rotatable bonds is 3. The lowest BCUT2D eigenvalue weighted by Crippen LogP contribution is -2.52. The number of carbonyl (C=O) groups excluding carboxylic acids is 4. The molecule has 1 spiro atoms. The number of benzene rings is 2. The number of anilines is 2. The van der Waals surface area contributed by atoms with Gasteiger partial charge in [-0.3, -0.25) is 29.5 Å². The van der Waals surface area contributed by atoms with Crippen LogP contribution in [0.4, 0.5) is 16.2 Å². The summed E-state index contributed by atoms with van der Waals surface area (Å²) in [7, 11) is 0. The van der Waals surface area contributed by atoms with E-state index >= 15 is 0 Å². The highest BCUT2D eigenvalue weighted by molar-refractivity contribution is 6.09. The lowest BCUT2D eigenvalue weighted by atomic mass is 10.0. The van der Waals surface area contributed by atoms with Crippen LogP contribution in [0.2, 0.25) is 0 Å². The Morgan fingerprint density at radius 2 is 1.72 bits per heavy atom. The van der Waals surface area contributed by atoms with E-state index in [1.807, 2.05) is 47.4 Å². The third-order valence-corrected chi connectivity index (χ3v) is 7.01. The zero-order valence-corrected chi connectivity index (χ0v) is 17.4. The molecule has 2 saturated heterocycles. The van der Waals surface area contributed by atoms with Crippen LogP contribution in [0.25, 0.3) is 0 Å². The third kappa shape index (κ3) is 2.75. The van der Waals surface area contributed by atoms with E-state index in [1.54, 1.807) is 11.0 Å². The molecule has 162 valence electrons. The minimum absolute atomic E-state index is 0.0556. The molecule has 3 aliphatic heterocycles. The van der Waals surface area contributed by atoms with Gasteiger partial charge in [-0.25, -0.2) is 4.79 Å². The fourth-order valence-corrected chi connectivity index (χ4v) is 5.17. The SMILES string of the molecule is O=C1CCC(N2Cc3cc(N4CC5(CC5)N(c5ccccc5)C4=O)ccc3C2=O)C(=O)N1. The van der Waals surface area contributed by atoms with E-state index in [0.29, 0.717) is 25.1 Å². The maximum atomic E-state index is 13.4. The van der Waals surface area contributed by atoms with Gasteiger partial charge >= 0.3 is 6.03 Å². The average molecular weight is 430 g/mol. The quantitative estimate of drug-likeness (QED) is 0.758. The molecule has 3 heterocycles. The van der Waals surface area contributed by atoms with Gasteiger partial charge < -0.3 is 4.90 Å². The van der Waals surface area contributed by atoms with Crippen molar-refractivity contribution in [2.45, 2.75) is 43.8 Å². The molecule has 8 nitrogen and oxygen atoms in total.